The van der Waals surface area contributed by atoms with Crippen molar-refractivity contribution in [1.29, 1.82) is 0 Å². The van der Waals surface area contributed by atoms with E-state index >= 15 is 0 Å². The fraction of sp³-hybridized carbons (Fsp3) is 0.692. The number of nitrogens with one attached hydrogen (secondary N) is 1. The minimum Gasteiger partial charge on any atom is -0.378 e. The molecule has 6 nitrogen and oxygen atoms in total. The molecule has 1 N–H and O–H groups in total. The topological polar surface area (TPSA) is 53.5 Å². The third-order valence-corrected chi connectivity index (χ3v) is 4.45. The lowest BCUT2D eigenvalue weighted by Gasteiger charge is -2.32. The van der Waals surface area contributed by atoms with Gasteiger partial charge in [-0.1, -0.05) is 0 Å². The van der Waals surface area contributed by atoms with Crippen molar-refractivity contribution in [3.63, 3.8) is 0 Å². The smallest absolute Gasteiger partial charge is 0.227 e. The lowest BCUT2D eigenvalue weighted by Crippen LogP contribution is -2.45. The van der Waals surface area contributed by atoms with Crippen molar-refractivity contribution >= 4 is 34.4 Å². The molecule has 0 aliphatic carbocycles. The van der Waals surface area contributed by atoms with Gasteiger partial charge in [0.05, 0.1) is 15.9 Å². The van der Waals surface area contributed by atoms with Gasteiger partial charge in [-0.25, -0.2) is 4.98 Å². The van der Waals surface area contributed by atoms with Crippen molar-refractivity contribution in [3.05, 3.63) is 9.26 Å². The van der Waals surface area contributed by atoms with Crippen molar-refractivity contribution in [2.24, 2.45) is 0 Å². The molecule has 0 saturated carbocycles. The Bertz CT molecular complexity index is 421. The lowest BCUT2D eigenvalue weighted by molar-refractivity contribution is 0.180. The van der Waals surface area contributed by atoms with Crippen molar-refractivity contribution in [2.45, 2.75) is 13.5 Å². The Balaban J connectivity index is 2.27. The van der Waals surface area contributed by atoms with Crippen LogP contribution in [0, 0.1) is 3.57 Å². The Morgan fingerprint density at radius 1 is 1.25 bits per heavy atom. The summed E-state index contributed by atoms with van der Waals surface area (Å²) in [4.78, 5) is 13.9. The highest BCUT2D eigenvalue weighted by molar-refractivity contribution is 14.1. The highest BCUT2D eigenvalue weighted by Gasteiger charge is 2.19. The number of rotatable bonds is 5. The third kappa shape index (κ3) is 3.70. The summed E-state index contributed by atoms with van der Waals surface area (Å²) in [6.45, 7) is 7.46. The van der Waals surface area contributed by atoms with Crippen molar-refractivity contribution in [1.82, 2.24) is 14.9 Å². The van der Waals surface area contributed by atoms with Crippen LogP contribution in [-0.4, -0.2) is 61.7 Å². The number of halogens is 1. The summed E-state index contributed by atoms with van der Waals surface area (Å²) in [6.07, 6.45) is 0. The van der Waals surface area contributed by atoms with E-state index in [1.165, 1.54) is 0 Å². The second-order valence-corrected chi connectivity index (χ2v) is 5.97. The number of anilines is 2. The number of piperazine rings is 1. The molecule has 7 heteroatoms. The van der Waals surface area contributed by atoms with Crippen LogP contribution in [0.5, 0.6) is 0 Å². The highest BCUT2D eigenvalue weighted by atomic mass is 127. The number of aromatic nitrogens is 2. The molecule has 0 spiro atoms. The van der Waals surface area contributed by atoms with Crippen molar-refractivity contribution in [2.75, 3.05) is 57.1 Å². The Morgan fingerprint density at radius 2 is 1.95 bits per heavy atom. The molecule has 0 aromatic carbocycles. The molecule has 0 amide bonds. The Kier molecular flexibility index (Phi) is 5.79. The first-order chi connectivity index (χ1) is 9.65. The number of ether oxygens (including phenoxy) is 1. The van der Waals surface area contributed by atoms with Crippen molar-refractivity contribution in [3.8, 4) is 0 Å². The largest absolute Gasteiger partial charge is 0.378 e. The molecule has 1 saturated heterocycles. The molecule has 0 atom stereocenters. The fourth-order valence-corrected chi connectivity index (χ4v) is 2.73. The summed E-state index contributed by atoms with van der Waals surface area (Å²) in [5.74, 6) is 1.71. The molecule has 20 heavy (non-hydrogen) atoms. The van der Waals surface area contributed by atoms with E-state index in [1.807, 2.05) is 0 Å². The molecule has 1 aliphatic rings. The van der Waals surface area contributed by atoms with Crippen LogP contribution < -0.4 is 10.2 Å². The van der Waals surface area contributed by atoms with E-state index in [0.29, 0.717) is 6.61 Å². The lowest BCUT2D eigenvalue weighted by atomic mass is 10.3. The zero-order valence-corrected chi connectivity index (χ0v) is 14.5. The van der Waals surface area contributed by atoms with Crippen molar-refractivity contribution < 1.29 is 4.74 Å². The van der Waals surface area contributed by atoms with Gasteiger partial charge in [0.25, 0.3) is 0 Å². The monoisotopic (exact) mass is 391 g/mol. The second-order valence-electron chi connectivity index (χ2n) is 4.89. The molecule has 112 valence electrons. The summed E-state index contributed by atoms with van der Waals surface area (Å²) in [6, 6.07) is 0. The van der Waals surface area contributed by atoms with Gasteiger partial charge in [0, 0.05) is 39.8 Å². The number of methoxy groups -OCH3 is 1. The number of likely N-dealkylation sites (N-methyl/N-ethyl adjacent to an activating group) is 1. The maximum atomic E-state index is 5.25. The zero-order valence-electron chi connectivity index (χ0n) is 12.3. The van der Waals surface area contributed by atoms with Crippen LogP contribution in [0.4, 0.5) is 11.8 Å². The first-order valence-electron chi connectivity index (χ1n) is 6.88. The summed E-state index contributed by atoms with van der Waals surface area (Å²) < 4.78 is 6.30. The van der Waals surface area contributed by atoms with Gasteiger partial charge in [-0.15, -0.1) is 0 Å². The van der Waals surface area contributed by atoms with E-state index in [9.17, 15) is 0 Å². The number of hydrogen-bond acceptors (Lipinski definition) is 6. The Labute approximate surface area is 134 Å². The fourth-order valence-electron chi connectivity index (χ4n) is 2.15. The van der Waals surface area contributed by atoms with Gasteiger partial charge < -0.3 is 19.9 Å². The molecular formula is C13H22IN5O. The van der Waals surface area contributed by atoms with Gasteiger partial charge in [-0.05, 0) is 36.6 Å². The van der Waals surface area contributed by atoms with Crippen LogP contribution in [0.2, 0.25) is 0 Å². The average molecular weight is 391 g/mol. The average Bonchev–Trinajstić information content (AvgIpc) is 2.44. The van der Waals surface area contributed by atoms with E-state index in [-0.39, 0.29) is 0 Å². The SMILES string of the molecule is CCNc1nc(N2CCN(C)CC2)nc(COC)c1I. The molecule has 1 aromatic rings. The predicted molar refractivity (Wildman–Crippen MR) is 89.3 cm³/mol. The molecule has 1 aliphatic heterocycles. The quantitative estimate of drug-likeness (QED) is 0.767. The van der Waals surface area contributed by atoms with Gasteiger partial charge in [0.15, 0.2) is 0 Å². The summed E-state index contributed by atoms with van der Waals surface area (Å²) in [5, 5.41) is 3.31. The normalized spacial score (nSPS) is 16.5. The minimum absolute atomic E-state index is 0.514. The van der Waals surface area contributed by atoms with Crippen LogP contribution in [0.15, 0.2) is 0 Å². The minimum atomic E-state index is 0.514. The molecule has 2 rings (SSSR count). The van der Waals surface area contributed by atoms with Crippen LogP contribution >= 0.6 is 22.6 Å². The molecule has 0 radical (unpaired) electrons. The summed E-state index contributed by atoms with van der Waals surface area (Å²) in [7, 11) is 3.84. The summed E-state index contributed by atoms with van der Waals surface area (Å²) >= 11 is 2.28. The van der Waals surface area contributed by atoms with E-state index in [1.54, 1.807) is 7.11 Å². The molecule has 2 heterocycles. The second kappa shape index (κ2) is 7.37. The zero-order chi connectivity index (χ0) is 14.5. The standard InChI is InChI=1S/C13H22IN5O/c1-4-15-12-11(14)10(9-20-3)16-13(17-12)19-7-5-18(2)6-8-19/h4-9H2,1-3H3,(H,15,16,17). The van der Waals surface area contributed by atoms with Gasteiger partial charge in [-0.3, -0.25) is 0 Å². The maximum absolute atomic E-state index is 5.25. The first-order valence-corrected chi connectivity index (χ1v) is 7.96. The van der Waals surface area contributed by atoms with E-state index in [0.717, 1.165) is 53.8 Å². The van der Waals surface area contributed by atoms with Gasteiger partial charge in [0.2, 0.25) is 5.95 Å². The number of hydrogen-bond donors (Lipinski definition) is 1. The Morgan fingerprint density at radius 3 is 2.55 bits per heavy atom. The predicted octanol–water partition coefficient (Wildman–Crippen LogP) is 1.41. The van der Waals surface area contributed by atoms with Gasteiger partial charge in [-0.2, -0.15) is 4.98 Å². The maximum Gasteiger partial charge on any atom is 0.227 e. The molecule has 1 fully saturated rings. The highest BCUT2D eigenvalue weighted by Crippen LogP contribution is 2.23. The van der Waals surface area contributed by atoms with Crippen LogP contribution in [0.25, 0.3) is 0 Å². The first kappa shape index (κ1) is 15.7. The van der Waals surface area contributed by atoms with Crippen LogP contribution in [0.1, 0.15) is 12.6 Å². The molecular weight excluding hydrogens is 369 g/mol. The molecule has 1 aromatic heterocycles. The molecule has 0 unspecified atom stereocenters. The molecule has 0 bridgehead atoms. The van der Waals surface area contributed by atoms with Crippen LogP contribution in [0.3, 0.4) is 0 Å². The van der Waals surface area contributed by atoms with E-state index in [4.69, 9.17) is 4.74 Å². The Hall–Kier alpha value is -0.670. The van der Waals surface area contributed by atoms with Gasteiger partial charge >= 0.3 is 0 Å². The van der Waals surface area contributed by atoms with Crippen LogP contribution in [-0.2, 0) is 11.3 Å². The number of nitrogens with zero attached hydrogens (tertiary/aromatic N) is 4. The van der Waals surface area contributed by atoms with E-state index < -0.39 is 0 Å². The third-order valence-electron chi connectivity index (χ3n) is 3.32. The van der Waals surface area contributed by atoms with Gasteiger partial charge in [0.1, 0.15) is 5.82 Å². The van der Waals surface area contributed by atoms with E-state index in [2.05, 4.69) is 61.6 Å². The summed E-state index contributed by atoms with van der Waals surface area (Å²) in [5.41, 5.74) is 0.952.